The Morgan fingerprint density at radius 1 is 1.33 bits per heavy atom. The van der Waals surface area contributed by atoms with Gasteiger partial charge in [-0.3, -0.25) is 4.79 Å². The van der Waals surface area contributed by atoms with Crippen LogP contribution in [0.5, 0.6) is 0 Å². The molecule has 1 amide bonds. The summed E-state index contributed by atoms with van der Waals surface area (Å²) in [5, 5.41) is 2.84. The summed E-state index contributed by atoms with van der Waals surface area (Å²) < 4.78 is 22.9. The van der Waals surface area contributed by atoms with Gasteiger partial charge >= 0.3 is 0 Å². The number of amides is 1. The molecule has 0 radical (unpaired) electrons. The SMILES string of the molecule is C[C@@]1(NC(=O)Cc2ccccc2)CCS(=O)(=O)C1. The zero-order chi connectivity index (χ0) is 13.2. The van der Waals surface area contributed by atoms with Crippen LogP contribution in [0.15, 0.2) is 30.3 Å². The Hall–Kier alpha value is -1.36. The molecule has 0 spiro atoms. The van der Waals surface area contributed by atoms with E-state index in [2.05, 4.69) is 5.32 Å². The molecule has 18 heavy (non-hydrogen) atoms. The van der Waals surface area contributed by atoms with Gasteiger partial charge in [0.1, 0.15) is 0 Å². The van der Waals surface area contributed by atoms with E-state index in [1.165, 1.54) is 0 Å². The normalized spacial score (nSPS) is 25.8. The number of sulfone groups is 1. The van der Waals surface area contributed by atoms with Crippen molar-refractivity contribution in [3.05, 3.63) is 35.9 Å². The van der Waals surface area contributed by atoms with Gasteiger partial charge in [0, 0.05) is 0 Å². The summed E-state index contributed by atoms with van der Waals surface area (Å²) in [7, 11) is -2.99. The van der Waals surface area contributed by atoms with E-state index in [-0.39, 0.29) is 23.8 Å². The van der Waals surface area contributed by atoms with Crippen molar-refractivity contribution in [3.8, 4) is 0 Å². The van der Waals surface area contributed by atoms with Crippen molar-refractivity contribution in [2.24, 2.45) is 0 Å². The molecule has 1 N–H and O–H groups in total. The Kier molecular flexibility index (Phi) is 3.43. The second-order valence-corrected chi connectivity index (χ2v) is 7.30. The highest BCUT2D eigenvalue weighted by Gasteiger charge is 2.39. The molecular weight excluding hydrogens is 250 g/mol. The van der Waals surface area contributed by atoms with Gasteiger partial charge < -0.3 is 5.32 Å². The molecule has 1 heterocycles. The molecule has 2 rings (SSSR count). The van der Waals surface area contributed by atoms with E-state index in [1.54, 1.807) is 6.92 Å². The van der Waals surface area contributed by atoms with E-state index >= 15 is 0 Å². The lowest BCUT2D eigenvalue weighted by Crippen LogP contribution is -2.47. The van der Waals surface area contributed by atoms with Gasteiger partial charge in [-0.15, -0.1) is 0 Å². The van der Waals surface area contributed by atoms with Crippen LogP contribution < -0.4 is 5.32 Å². The fourth-order valence-corrected chi connectivity index (χ4v) is 4.36. The number of benzene rings is 1. The highest BCUT2D eigenvalue weighted by molar-refractivity contribution is 7.91. The van der Waals surface area contributed by atoms with E-state index in [9.17, 15) is 13.2 Å². The van der Waals surface area contributed by atoms with Crippen LogP contribution in [-0.2, 0) is 21.1 Å². The van der Waals surface area contributed by atoms with Crippen LogP contribution in [0.3, 0.4) is 0 Å². The molecule has 1 saturated heterocycles. The minimum Gasteiger partial charge on any atom is -0.350 e. The molecule has 1 fully saturated rings. The van der Waals surface area contributed by atoms with Crippen LogP contribution in [-0.4, -0.2) is 31.4 Å². The second-order valence-electron chi connectivity index (χ2n) is 5.11. The summed E-state index contributed by atoms with van der Waals surface area (Å²) >= 11 is 0. The van der Waals surface area contributed by atoms with E-state index in [1.807, 2.05) is 30.3 Å². The van der Waals surface area contributed by atoms with E-state index in [0.717, 1.165) is 5.56 Å². The zero-order valence-electron chi connectivity index (χ0n) is 10.3. The van der Waals surface area contributed by atoms with Gasteiger partial charge in [0.05, 0.1) is 23.5 Å². The summed E-state index contributed by atoms with van der Waals surface area (Å²) in [4.78, 5) is 11.9. The number of hydrogen-bond donors (Lipinski definition) is 1. The van der Waals surface area contributed by atoms with Gasteiger partial charge in [-0.2, -0.15) is 0 Å². The summed E-state index contributed by atoms with van der Waals surface area (Å²) in [5.41, 5.74) is 0.324. The molecule has 0 aliphatic carbocycles. The molecular formula is C13H17NO3S. The summed E-state index contributed by atoms with van der Waals surface area (Å²) in [6.45, 7) is 1.79. The Morgan fingerprint density at radius 2 is 2.00 bits per heavy atom. The molecule has 98 valence electrons. The van der Waals surface area contributed by atoms with Gasteiger partial charge in [0.2, 0.25) is 5.91 Å². The van der Waals surface area contributed by atoms with Crippen molar-refractivity contribution >= 4 is 15.7 Å². The van der Waals surface area contributed by atoms with Crippen LogP contribution in [0.4, 0.5) is 0 Å². The highest BCUT2D eigenvalue weighted by atomic mass is 32.2. The summed E-state index contributed by atoms with van der Waals surface area (Å²) in [6, 6.07) is 9.42. The van der Waals surface area contributed by atoms with Gasteiger partial charge in [0.15, 0.2) is 9.84 Å². The summed E-state index contributed by atoms with van der Waals surface area (Å²) in [5.74, 6) is 0.0798. The molecule has 1 atom stereocenters. The van der Waals surface area contributed by atoms with E-state index in [4.69, 9.17) is 0 Å². The third-order valence-corrected chi connectivity index (χ3v) is 5.06. The maximum absolute atomic E-state index is 11.9. The minimum atomic E-state index is -2.99. The first kappa shape index (κ1) is 13.1. The number of hydrogen-bond acceptors (Lipinski definition) is 3. The molecule has 1 aliphatic rings. The average molecular weight is 267 g/mol. The first-order valence-electron chi connectivity index (χ1n) is 5.94. The van der Waals surface area contributed by atoms with Crippen molar-refractivity contribution < 1.29 is 13.2 Å². The third-order valence-electron chi connectivity index (χ3n) is 3.15. The Bertz CT molecular complexity index is 539. The van der Waals surface area contributed by atoms with Crippen molar-refractivity contribution in [1.29, 1.82) is 0 Å². The lowest BCUT2D eigenvalue weighted by molar-refractivity contribution is -0.121. The van der Waals surface area contributed by atoms with Crippen molar-refractivity contribution in [2.75, 3.05) is 11.5 Å². The third kappa shape index (κ3) is 3.32. The van der Waals surface area contributed by atoms with Crippen LogP contribution in [0.2, 0.25) is 0 Å². The number of rotatable bonds is 3. The molecule has 0 bridgehead atoms. The molecule has 1 aromatic carbocycles. The molecule has 1 aromatic rings. The van der Waals surface area contributed by atoms with E-state index in [0.29, 0.717) is 6.42 Å². The van der Waals surface area contributed by atoms with E-state index < -0.39 is 15.4 Å². The lowest BCUT2D eigenvalue weighted by Gasteiger charge is -2.23. The lowest BCUT2D eigenvalue weighted by atomic mass is 10.0. The quantitative estimate of drug-likeness (QED) is 0.886. The van der Waals surface area contributed by atoms with Gasteiger partial charge in [-0.25, -0.2) is 8.42 Å². The minimum absolute atomic E-state index is 0.0422. The first-order chi connectivity index (χ1) is 8.39. The maximum atomic E-state index is 11.9. The molecule has 5 heteroatoms. The van der Waals surface area contributed by atoms with Crippen LogP contribution in [0.1, 0.15) is 18.9 Å². The fourth-order valence-electron chi connectivity index (χ4n) is 2.27. The van der Waals surface area contributed by atoms with Crippen LogP contribution in [0.25, 0.3) is 0 Å². The largest absolute Gasteiger partial charge is 0.350 e. The molecule has 0 aromatic heterocycles. The fraction of sp³-hybridized carbons (Fsp3) is 0.462. The Balaban J connectivity index is 1.96. The molecule has 4 nitrogen and oxygen atoms in total. The van der Waals surface area contributed by atoms with Gasteiger partial charge in [-0.05, 0) is 18.9 Å². The highest BCUT2D eigenvalue weighted by Crippen LogP contribution is 2.22. The van der Waals surface area contributed by atoms with Gasteiger partial charge in [0.25, 0.3) is 0 Å². The van der Waals surface area contributed by atoms with Crippen molar-refractivity contribution in [1.82, 2.24) is 5.32 Å². The van der Waals surface area contributed by atoms with Crippen molar-refractivity contribution in [3.63, 3.8) is 0 Å². The maximum Gasteiger partial charge on any atom is 0.224 e. The smallest absolute Gasteiger partial charge is 0.224 e. The Morgan fingerprint density at radius 3 is 2.56 bits per heavy atom. The standard InChI is InChI=1S/C13H17NO3S/c1-13(7-8-18(16,17)10-13)14-12(15)9-11-5-3-2-4-6-11/h2-6H,7-10H2,1H3,(H,14,15)/t13-/m1/s1. The number of carbonyl (C=O) groups excluding carboxylic acids is 1. The summed E-state index contributed by atoms with van der Waals surface area (Å²) in [6.07, 6.45) is 0.784. The predicted octanol–water partition coefficient (Wildman–Crippen LogP) is 0.922. The van der Waals surface area contributed by atoms with Crippen molar-refractivity contribution in [2.45, 2.75) is 25.3 Å². The molecule has 1 aliphatic heterocycles. The Labute approximate surface area is 107 Å². The topological polar surface area (TPSA) is 63.2 Å². The predicted molar refractivity (Wildman–Crippen MR) is 70.0 cm³/mol. The molecule has 0 unspecified atom stereocenters. The monoisotopic (exact) mass is 267 g/mol. The molecule has 0 saturated carbocycles. The average Bonchev–Trinajstić information content (AvgIpc) is 2.53. The van der Waals surface area contributed by atoms with Crippen LogP contribution in [0, 0.1) is 0 Å². The number of carbonyl (C=O) groups is 1. The van der Waals surface area contributed by atoms with Crippen LogP contribution >= 0.6 is 0 Å². The number of nitrogens with one attached hydrogen (secondary N) is 1. The van der Waals surface area contributed by atoms with Gasteiger partial charge in [-0.1, -0.05) is 30.3 Å². The zero-order valence-corrected chi connectivity index (χ0v) is 11.2. The first-order valence-corrected chi connectivity index (χ1v) is 7.76. The second kappa shape index (κ2) is 4.72.